The van der Waals surface area contributed by atoms with Crippen LogP contribution in [0.25, 0.3) is 0 Å². The average molecular weight is 225 g/mol. The van der Waals surface area contributed by atoms with Crippen LogP contribution in [0.15, 0.2) is 0 Å². The Morgan fingerprint density at radius 3 is 2.62 bits per heavy atom. The van der Waals surface area contributed by atoms with E-state index in [9.17, 15) is 14.4 Å². The number of nitrogens with zero attached hydrogens (tertiary/aromatic N) is 1. The third kappa shape index (κ3) is 2.32. The molecule has 0 aromatic carbocycles. The highest BCUT2D eigenvalue weighted by molar-refractivity contribution is 6.04. The molecule has 1 saturated heterocycles. The van der Waals surface area contributed by atoms with Crippen molar-refractivity contribution in [2.24, 2.45) is 0 Å². The standard InChI is InChI=1S/C10H15N3O3/c14-8(12-7-3-1-2-4-7)6-13-9(15)5-11-10(13)16/h7H,1-6H2,(H,11,16)(H,12,14). The van der Waals surface area contributed by atoms with Crippen molar-refractivity contribution in [3.8, 4) is 0 Å². The molecule has 4 amide bonds. The SMILES string of the molecule is O=C(CN1C(=O)CNC1=O)NC1CCCC1. The molecular formula is C10H15N3O3. The summed E-state index contributed by atoms with van der Waals surface area (Å²) in [6, 6.07) is -0.264. The number of carbonyl (C=O) groups is 3. The van der Waals surface area contributed by atoms with E-state index in [1.54, 1.807) is 0 Å². The lowest BCUT2D eigenvalue weighted by atomic mass is 10.2. The van der Waals surface area contributed by atoms with Gasteiger partial charge >= 0.3 is 6.03 Å². The smallest absolute Gasteiger partial charge is 0.325 e. The lowest BCUT2D eigenvalue weighted by Gasteiger charge is -2.15. The molecule has 2 N–H and O–H groups in total. The van der Waals surface area contributed by atoms with Crippen molar-refractivity contribution in [1.82, 2.24) is 15.5 Å². The van der Waals surface area contributed by atoms with Gasteiger partial charge in [-0.3, -0.25) is 14.5 Å². The highest BCUT2D eigenvalue weighted by atomic mass is 16.2. The lowest BCUT2D eigenvalue weighted by Crippen LogP contribution is -2.43. The second-order valence-corrected chi connectivity index (χ2v) is 4.19. The Labute approximate surface area is 93.4 Å². The van der Waals surface area contributed by atoms with Crippen molar-refractivity contribution in [3.63, 3.8) is 0 Å². The van der Waals surface area contributed by atoms with Gasteiger partial charge in [0, 0.05) is 6.04 Å². The molecule has 0 spiro atoms. The zero-order valence-electron chi connectivity index (χ0n) is 8.99. The largest absolute Gasteiger partial charge is 0.352 e. The second-order valence-electron chi connectivity index (χ2n) is 4.19. The first-order valence-electron chi connectivity index (χ1n) is 5.54. The number of rotatable bonds is 3. The second kappa shape index (κ2) is 4.51. The highest BCUT2D eigenvalue weighted by Gasteiger charge is 2.30. The molecule has 0 aromatic rings. The molecule has 16 heavy (non-hydrogen) atoms. The van der Waals surface area contributed by atoms with E-state index in [4.69, 9.17) is 0 Å². The number of urea groups is 1. The summed E-state index contributed by atoms with van der Waals surface area (Å²) in [7, 11) is 0. The van der Waals surface area contributed by atoms with Gasteiger partial charge < -0.3 is 10.6 Å². The molecule has 0 radical (unpaired) electrons. The lowest BCUT2D eigenvalue weighted by molar-refractivity contribution is -0.130. The number of carbonyl (C=O) groups excluding carboxylic acids is 3. The topological polar surface area (TPSA) is 78.5 Å². The summed E-state index contributed by atoms with van der Waals surface area (Å²) >= 11 is 0. The van der Waals surface area contributed by atoms with Crippen LogP contribution in [0, 0.1) is 0 Å². The fourth-order valence-electron chi connectivity index (χ4n) is 2.10. The fraction of sp³-hybridized carbons (Fsp3) is 0.700. The molecular weight excluding hydrogens is 210 g/mol. The predicted octanol–water partition coefficient (Wildman–Crippen LogP) is -0.403. The molecule has 1 aliphatic heterocycles. The summed E-state index contributed by atoms with van der Waals surface area (Å²) < 4.78 is 0. The molecule has 1 heterocycles. The van der Waals surface area contributed by atoms with Crippen LogP contribution < -0.4 is 10.6 Å². The van der Waals surface area contributed by atoms with Crippen LogP contribution in [0.2, 0.25) is 0 Å². The van der Waals surface area contributed by atoms with Gasteiger partial charge in [-0.25, -0.2) is 4.79 Å². The van der Waals surface area contributed by atoms with Crippen LogP contribution in [-0.2, 0) is 9.59 Å². The Hall–Kier alpha value is -1.59. The summed E-state index contributed by atoms with van der Waals surface area (Å²) in [6.45, 7) is -0.170. The number of hydrogen-bond donors (Lipinski definition) is 2. The van der Waals surface area contributed by atoms with Gasteiger partial charge in [0.25, 0.3) is 5.91 Å². The first-order chi connectivity index (χ1) is 7.66. The van der Waals surface area contributed by atoms with Crippen molar-refractivity contribution < 1.29 is 14.4 Å². The minimum atomic E-state index is -0.480. The van der Waals surface area contributed by atoms with Crippen LogP contribution in [0.5, 0.6) is 0 Å². The number of nitrogens with one attached hydrogen (secondary N) is 2. The monoisotopic (exact) mass is 225 g/mol. The molecule has 0 unspecified atom stereocenters. The van der Waals surface area contributed by atoms with Gasteiger partial charge in [0.15, 0.2) is 0 Å². The Morgan fingerprint density at radius 1 is 1.38 bits per heavy atom. The summed E-state index contributed by atoms with van der Waals surface area (Å²) in [4.78, 5) is 34.9. The third-order valence-corrected chi connectivity index (χ3v) is 2.96. The van der Waals surface area contributed by atoms with Gasteiger partial charge in [0.1, 0.15) is 6.54 Å². The summed E-state index contributed by atoms with van der Waals surface area (Å²) in [5, 5.41) is 5.21. The number of hydrogen-bond acceptors (Lipinski definition) is 3. The first-order valence-corrected chi connectivity index (χ1v) is 5.54. The van der Waals surface area contributed by atoms with Gasteiger partial charge in [-0.05, 0) is 12.8 Å². The molecule has 88 valence electrons. The molecule has 1 aliphatic carbocycles. The number of amides is 4. The molecule has 2 aliphatic rings. The van der Waals surface area contributed by atoms with Crippen molar-refractivity contribution >= 4 is 17.8 Å². The average Bonchev–Trinajstić information content (AvgIpc) is 2.83. The zero-order chi connectivity index (χ0) is 11.5. The van der Waals surface area contributed by atoms with Crippen molar-refractivity contribution in [2.75, 3.05) is 13.1 Å². The van der Waals surface area contributed by atoms with Crippen molar-refractivity contribution in [2.45, 2.75) is 31.7 Å². The van der Waals surface area contributed by atoms with Crippen LogP contribution in [0.1, 0.15) is 25.7 Å². The van der Waals surface area contributed by atoms with E-state index in [2.05, 4.69) is 10.6 Å². The van der Waals surface area contributed by atoms with E-state index >= 15 is 0 Å². The van der Waals surface area contributed by atoms with E-state index in [0.29, 0.717) is 0 Å². The summed E-state index contributed by atoms with van der Waals surface area (Å²) in [6.07, 6.45) is 4.25. The van der Waals surface area contributed by atoms with E-state index in [1.165, 1.54) is 0 Å². The summed E-state index contributed by atoms with van der Waals surface area (Å²) in [5.74, 6) is -0.594. The Morgan fingerprint density at radius 2 is 2.06 bits per heavy atom. The van der Waals surface area contributed by atoms with Gasteiger partial charge in [0.05, 0.1) is 6.54 Å². The van der Waals surface area contributed by atoms with Gasteiger partial charge in [-0.15, -0.1) is 0 Å². The van der Waals surface area contributed by atoms with E-state index in [1.807, 2.05) is 0 Å². The fourth-order valence-corrected chi connectivity index (χ4v) is 2.10. The van der Waals surface area contributed by atoms with Gasteiger partial charge in [0.2, 0.25) is 5.91 Å². The Kier molecular flexibility index (Phi) is 3.07. The van der Waals surface area contributed by atoms with Crippen molar-refractivity contribution in [1.29, 1.82) is 0 Å². The third-order valence-electron chi connectivity index (χ3n) is 2.96. The van der Waals surface area contributed by atoms with Crippen LogP contribution in [-0.4, -0.2) is 41.9 Å². The molecule has 1 saturated carbocycles. The van der Waals surface area contributed by atoms with E-state index in [0.717, 1.165) is 30.6 Å². The van der Waals surface area contributed by atoms with Gasteiger partial charge in [-0.2, -0.15) is 0 Å². The summed E-state index contributed by atoms with van der Waals surface area (Å²) in [5.41, 5.74) is 0. The molecule has 6 nitrogen and oxygen atoms in total. The minimum absolute atomic E-state index is 0.00442. The van der Waals surface area contributed by atoms with E-state index in [-0.39, 0.29) is 30.9 Å². The highest BCUT2D eigenvalue weighted by Crippen LogP contribution is 2.17. The quantitative estimate of drug-likeness (QED) is 0.641. The Balaban J connectivity index is 1.82. The molecule has 2 fully saturated rings. The van der Waals surface area contributed by atoms with Crippen LogP contribution in [0.3, 0.4) is 0 Å². The predicted molar refractivity (Wildman–Crippen MR) is 55.5 cm³/mol. The van der Waals surface area contributed by atoms with Crippen LogP contribution >= 0.6 is 0 Å². The maximum atomic E-state index is 11.6. The maximum absolute atomic E-state index is 11.6. The molecule has 2 rings (SSSR count). The molecule has 0 aromatic heterocycles. The molecule has 0 bridgehead atoms. The Bertz CT molecular complexity index is 307. The van der Waals surface area contributed by atoms with Crippen LogP contribution in [0.4, 0.5) is 4.79 Å². The molecule has 0 atom stereocenters. The minimum Gasteiger partial charge on any atom is -0.352 e. The zero-order valence-corrected chi connectivity index (χ0v) is 8.99. The van der Waals surface area contributed by atoms with Gasteiger partial charge in [-0.1, -0.05) is 12.8 Å². The van der Waals surface area contributed by atoms with Crippen molar-refractivity contribution in [3.05, 3.63) is 0 Å². The maximum Gasteiger partial charge on any atom is 0.325 e. The first kappa shape index (κ1) is 10.9. The molecule has 6 heteroatoms. The number of imide groups is 1. The van der Waals surface area contributed by atoms with E-state index < -0.39 is 6.03 Å². The normalized spacial score (nSPS) is 21.4.